The van der Waals surface area contributed by atoms with Gasteiger partial charge in [-0.05, 0) is 51.4 Å². The fourth-order valence-corrected chi connectivity index (χ4v) is 9.28. The Morgan fingerprint density at radius 2 is 0.723 bits per heavy atom. The summed E-state index contributed by atoms with van der Waals surface area (Å²) in [5.74, 6) is -0.0589. The molecule has 0 spiro atoms. The van der Waals surface area contributed by atoms with E-state index in [1.807, 2.05) is 0 Å². The maximum Gasteiger partial charge on any atom is 0.305 e. The van der Waals surface area contributed by atoms with Crippen LogP contribution in [0.4, 0.5) is 0 Å². The van der Waals surface area contributed by atoms with E-state index in [0.717, 1.165) is 51.4 Å². The van der Waals surface area contributed by atoms with E-state index < -0.39 is 12.1 Å². The molecule has 0 radical (unpaired) electrons. The number of carbonyl (C=O) groups excluding carboxylic acids is 2. The zero-order valence-electron chi connectivity index (χ0n) is 44.0. The minimum atomic E-state index is -0.673. The molecule has 0 aliphatic carbocycles. The summed E-state index contributed by atoms with van der Waals surface area (Å²) in [5.41, 5.74) is 0. The van der Waals surface area contributed by atoms with Crippen molar-refractivity contribution in [3.8, 4) is 0 Å². The van der Waals surface area contributed by atoms with Crippen LogP contribution in [0.1, 0.15) is 328 Å². The molecular weight excluding hydrogens is 803 g/mol. The third-order valence-corrected chi connectivity index (χ3v) is 13.8. The molecule has 65 heavy (non-hydrogen) atoms. The molecule has 0 aliphatic heterocycles. The van der Waals surface area contributed by atoms with E-state index in [1.165, 1.54) is 244 Å². The SMILES string of the molecule is CCCCC/C=C\CCCCCCCC(=O)OCCCCCCCCCCCCCCCC(=O)NC(CO)C(O)CCCCCCCCCCCCCCCCCCCCCCCCC. The van der Waals surface area contributed by atoms with Crippen LogP contribution in [-0.2, 0) is 14.3 Å². The van der Waals surface area contributed by atoms with Gasteiger partial charge in [-0.1, -0.05) is 276 Å². The van der Waals surface area contributed by atoms with Crippen LogP contribution in [0.2, 0.25) is 0 Å². The highest BCUT2D eigenvalue weighted by atomic mass is 16.5. The minimum absolute atomic E-state index is 0.0144. The van der Waals surface area contributed by atoms with Gasteiger partial charge in [0.2, 0.25) is 5.91 Å². The summed E-state index contributed by atoms with van der Waals surface area (Å²) in [6.45, 7) is 4.92. The summed E-state index contributed by atoms with van der Waals surface area (Å²) in [6, 6.07) is -0.552. The molecule has 0 aliphatic rings. The normalized spacial score (nSPS) is 12.6. The molecule has 0 heterocycles. The zero-order valence-corrected chi connectivity index (χ0v) is 44.0. The molecule has 0 fully saturated rings. The van der Waals surface area contributed by atoms with Crippen LogP contribution in [0.25, 0.3) is 0 Å². The molecule has 3 N–H and O–H groups in total. The van der Waals surface area contributed by atoms with Crippen LogP contribution in [0.15, 0.2) is 12.2 Å². The molecule has 2 atom stereocenters. The fourth-order valence-electron chi connectivity index (χ4n) is 9.28. The molecule has 0 saturated carbocycles. The number of aliphatic hydroxyl groups is 2. The predicted octanol–water partition coefficient (Wildman–Crippen LogP) is 18.1. The average Bonchev–Trinajstić information content (AvgIpc) is 3.31. The molecule has 0 bridgehead atoms. The van der Waals surface area contributed by atoms with Crippen molar-refractivity contribution in [1.29, 1.82) is 0 Å². The molecule has 0 rings (SSSR count). The lowest BCUT2D eigenvalue weighted by Gasteiger charge is -2.22. The Balaban J connectivity index is 3.44. The van der Waals surface area contributed by atoms with E-state index in [0.29, 0.717) is 25.9 Å². The predicted molar refractivity (Wildman–Crippen MR) is 283 cm³/mol. The van der Waals surface area contributed by atoms with E-state index in [4.69, 9.17) is 4.74 Å². The highest BCUT2D eigenvalue weighted by Crippen LogP contribution is 2.18. The number of hydrogen-bond acceptors (Lipinski definition) is 5. The van der Waals surface area contributed by atoms with E-state index >= 15 is 0 Å². The Kier molecular flexibility index (Phi) is 54.0. The second-order valence-electron chi connectivity index (χ2n) is 20.3. The van der Waals surface area contributed by atoms with Gasteiger partial charge in [-0.25, -0.2) is 0 Å². The van der Waals surface area contributed by atoms with E-state index in [1.54, 1.807) is 0 Å². The number of amides is 1. The first-order valence-electron chi connectivity index (χ1n) is 29.4. The van der Waals surface area contributed by atoms with Gasteiger partial charge in [-0.15, -0.1) is 0 Å². The molecule has 0 saturated heterocycles. The summed E-state index contributed by atoms with van der Waals surface area (Å²) >= 11 is 0. The number of rotatable bonds is 55. The van der Waals surface area contributed by atoms with Gasteiger partial charge in [0, 0.05) is 12.8 Å². The number of unbranched alkanes of at least 4 members (excludes halogenated alkanes) is 42. The van der Waals surface area contributed by atoms with Gasteiger partial charge >= 0.3 is 5.97 Å². The van der Waals surface area contributed by atoms with E-state index in [-0.39, 0.29) is 18.5 Å². The molecular formula is C59H115NO5. The number of ether oxygens (including phenoxy) is 1. The average molecular weight is 919 g/mol. The lowest BCUT2D eigenvalue weighted by Crippen LogP contribution is -2.45. The summed E-state index contributed by atoms with van der Waals surface area (Å²) in [5, 5.41) is 23.4. The largest absolute Gasteiger partial charge is 0.466 e. The molecule has 0 aromatic carbocycles. The van der Waals surface area contributed by atoms with Crippen LogP contribution in [0.5, 0.6) is 0 Å². The number of esters is 1. The first-order valence-corrected chi connectivity index (χ1v) is 29.4. The van der Waals surface area contributed by atoms with Gasteiger partial charge in [-0.2, -0.15) is 0 Å². The highest BCUT2D eigenvalue weighted by molar-refractivity contribution is 5.76. The van der Waals surface area contributed by atoms with Crippen molar-refractivity contribution < 1.29 is 24.5 Å². The van der Waals surface area contributed by atoms with Crippen molar-refractivity contribution in [3.63, 3.8) is 0 Å². The third-order valence-electron chi connectivity index (χ3n) is 13.8. The summed E-state index contributed by atoms with van der Waals surface area (Å²) < 4.78 is 5.45. The van der Waals surface area contributed by atoms with Crippen LogP contribution in [0.3, 0.4) is 0 Å². The van der Waals surface area contributed by atoms with Crippen molar-refractivity contribution >= 4 is 11.9 Å². The fraction of sp³-hybridized carbons (Fsp3) is 0.932. The number of carbonyl (C=O) groups is 2. The first kappa shape index (κ1) is 63.6. The van der Waals surface area contributed by atoms with Crippen LogP contribution < -0.4 is 5.32 Å². The standard InChI is InChI=1S/C59H115NO5/c1-3-5-7-9-11-13-15-17-18-19-20-21-22-23-24-25-26-28-31-35-39-43-47-51-57(62)56(55-61)60-58(63)52-48-44-40-36-32-29-27-30-34-38-42-46-50-54-65-59(64)53-49-45-41-37-33-16-14-12-10-8-6-4-2/h12,14,56-57,61-62H,3-11,13,15-55H2,1-2H3,(H,60,63)/b14-12-. The van der Waals surface area contributed by atoms with Crippen LogP contribution in [0, 0.1) is 0 Å². The Morgan fingerprint density at radius 3 is 1.12 bits per heavy atom. The Morgan fingerprint density at radius 1 is 0.415 bits per heavy atom. The Labute approximate surface area is 406 Å². The quantitative estimate of drug-likeness (QED) is 0.0321. The summed E-state index contributed by atoms with van der Waals surface area (Å²) in [7, 11) is 0. The number of hydrogen-bond donors (Lipinski definition) is 3. The van der Waals surface area contributed by atoms with Gasteiger partial charge in [0.15, 0.2) is 0 Å². The van der Waals surface area contributed by atoms with E-state index in [9.17, 15) is 19.8 Å². The maximum atomic E-state index is 12.5. The molecule has 0 aromatic heterocycles. The van der Waals surface area contributed by atoms with Gasteiger partial charge in [-0.3, -0.25) is 9.59 Å². The number of aliphatic hydroxyl groups excluding tert-OH is 2. The molecule has 2 unspecified atom stereocenters. The van der Waals surface area contributed by atoms with Crippen LogP contribution >= 0.6 is 0 Å². The second-order valence-corrected chi connectivity index (χ2v) is 20.3. The number of nitrogens with one attached hydrogen (secondary N) is 1. The van der Waals surface area contributed by atoms with Crippen molar-refractivity contribution in [1.82, 2.24) is 5.32 Å². The van der Waals surface area contributed by atoms with Crippen molar-refractivity contribution in [2.24, 2.45) is 0 Å². The minimum Gasteiger partial charge on any atom is -0.466 e. The van der Waals surface area contributed by atoms with Crippen molar-refractivity contribution in [3.05, 3.63) is 12.2 Å². The Bertz CT molecular complexity index is 970. The highest BCUT2D eigenvalue weighted by Gasteiger charge is 2.20. The lowest BCUT2D eigenvalue weighted by molar-refractivity contribution is -0.143. The van der Waals surface area contributed by atoms with Crippen molar-refractivity contribution in [2.45, 2.75) is 341 Å². The maximum absolute atomic E-state index is 12.5. The lowest BCUT2D eigenvalue weighted by atomic mass is 10.0. The van der Waals surface area contributed by atoms with Crippen molar-refractivity contribution in [2.75, 3.05) is 13.2 Å². The van der Waals surface area contributed by atoms with Gasteiger partial charge < -0.3 is 20.3 Å². The van der Waals surface area contributed by atoms with Gasteiger partial charge in [0.05, 0.1) is 25.4 Å². The molecule has 386 valence electrons. The molecule has 6 nitrogen and oxygen atoms in total. The molecule has 6 heteroatoms. The smallest absolute Gasteiger partial charge is 0.305 e. The third kappa shape index (κ3) is 51.8. The summed E-state index contributed by atoms with van der Waals surface area (Å²) in [6.07, 6.45) is 64.9. The molecule has 0 aromatic rings. The van der Waals surface area contributed by atoms with Gasteiger partial charge in [0.25, 0.3) is 0 Å². The zero-order chi connectivity index (χ0) is 47.2. The van der Waals surface area contributed by atoms with E-state index in [2.05, 4.69) is 31.3 Å². The Hall–Kier alpha value is -1.40. The summed E-state index contributed by atoms with van der Waals surface area (Å²) in [4.78, 5) is 24.5. The molecule has 1 amide bonds. The second kappa shape index (κ2) is 55.2. The van der Waals surface area contributed by atoms with Gasteiger partial charge in [0.1, 0.15) is 0 Å². The topological polar surface area (TPSA) is 95.9 Å². The number of allylic oxidation sites excluding steroid dienone is 2. The van der Waals surface area contributed by atoms with Crippen LogP contribution in [-0.4, -0.2) is 47.4 Å². The monoisotopic (exact) mass is 918 g/mol. The first-order chi connectivity index (χ1) is 32.0.